The summed E-state index contributed by atoms with van der Waals surface area (Å²) in [6.45, 7) is 8.24. The zero-order chi connectivity index (χ0) is 16.2. The van der Waals surface area contributed by atoms with Gasteiger partial charge in [0.25, 0.3) is 0 Å². The number of Topliss-reactive ketones (excluding diaryl/α,β-unsaturated/α-hetero) is 1. The van der Waals surface area contributed by atoms with Crippen LogP contribution in [-0.4, -0.2) is 53.5 Å². The summed E-state index contributed by atoms with van der Waals surface area (Å²) in [6.07, 6.45) is 2.35. The molecule has 1 atom stereocenters. The Balaban J connectivity index is 1.69. The van der Waals surface area contributed by atoms with Crippen LogP contribution in [0.1, 0.15) is 37.7 Å². The maximum absolute atomic E-state index is 12.0. The lowest BCUT2D eigenvalue weighted by Crippen LogP contribution is -2.36. The third-order valence-corrected chi connectivity index (χ3v) is 3.57. The van der Waals surface area contributed by atoms with Crippen LogP contribution in [0.5, 0.6) is 0 Å². The van der Waals surface area contributed by atoms with Gasteiger partial charge in [0.2, 0.25) is 0 Å². The zero-order valence-corrected chi connectivity index (χ0v) is 13.5. The van der Waals surface area contributed by atoms with Gasteiger partial charge in [-0.15, -0.1) is 0 Å². The molecule has 1 amide bonds. The van der Waals surface area contributed by atoms with E-state index < -0.39 is 5.60 Å². The summed E-state index contributed by atoms with van der Waals surface area (Å²) in [5.74, 6) is 0.467. The molecule has 2 N–H and O–H groups in total. The minimum absolute atomic E-state index is 0.103. The number of rotatable bonds is 5. The van der Waals surface area contributed by atoms with E-state index in [1.807, 2.05) is 26.8 Å². The van der Waals surface area contributed by atoms with Gasteiger partial charge in [-0.25, -0.2) is 4.79 Å². The molecule has 6 nitrogen and oxygen atoms in total. The van der Waals surface area contributed by atoms with Gasteiger partial charge in [-0.1, -0.05) is 0 Å². The molecule has 2 rings (SSSR count). The number of aromatic nitrogens is 1. The molecule has 122 valence electrons. The molecule has 1 aromatic heterocycles. The molecule has 0 radical (unpaired) electrons. The summed E-state index contributed by atoms with van der Waals surface area (Å²) in [4.78, 5) is 28.7. The lowest BCUT2D eigenvalue weighted by molar-refractivity contribution is 0.0519. The number of ether oxygens (including phenoxy) is 1. The Morgan fingerprint density at radius 1 is 1.45 bits per heavy atom. The Morgan fingerprint density at radius 3 is 2.86 bits per heavy atom. The van der Waals surface area contributed by atoms with Gasteiger partial charge in [0.1, 0.15) is 5.60 Å². The fourth-order valence-electron chi connectivity index (χ4n) is 2.56. The highest BCUT2D eigenvalue weighted by Gasteiger charge is 2.25. The maximum atomic E-state index is 12.0. The van der Waals surface area contributed by atoms with Gasteiger partial charge in [0.05, 0.1) is 12.2 Å². The van der Waals surface area contributed by atoms with Gasteiger partial charge < -0.3 is 15.0 Å². The predicted molar refractivity (Wildman–Crippen MR) is 83.9 cm³/mol. The minimum atomic E-state index is -0.478. The van der Waals surface area contributed by atoms with Crippen molar-refractivity contribution in [2.45, 2.75) is 32.8 Å². The van der Waals surface area contributed by atoms with Crippen LogP contribution in [0.2, 0.25) is 0 Å². The number of carbonyl (C=O) groups is 2. The number of hydrogen-bond acceptors (Lipinski definition) is 4. The van der Waals surface area contributed by atoms with Crippen LogP contribution in [0.15, 0.2) is 18.3 Å². The standard InChI is InChI=1S/C16H25N3O3/c1-16(2,3)22-15(21)18-9-12-6-8-19(10-12)11-14(20)13-5-4-7-17-13/h4-5,7,12,17H,6,8-11H2,1-3H3,(H,18,21). The van der Waals surface area contributed by atoms with Crippen LogP contribution in [-0.2, 0) is 4.74 Å². The fraction of sp³-hybridized carbons (Fsp3) is 0.625. The molecular formula is C16H25N3O3. The van der Waals surface area contributed by atoms with E-state index in [9.17, 15) is 9.59 Å². The van der Waals surface area contributed by atoms with E-state index in [1.165, 1.54) is 0 Å². The molecule has 0 aliphatic carbocycles. The van der Waals surface area contributed by atoms with Crippen molar-refractivity contribution in [3.05, 3.63) is 24.0 Å². The summed E-state index contributed by atoms with van der Waals surface area (Å²) < 4.78 is 5.22. The lowest BCUT2D eigenvalue weighted by atomic mass is 10.1. The number of hydrogen-bond donors (Lipinski definition) is 2. The van der Waals surface area contributed by atoms with E-state index in [4.69, 9.17) is 4.74 Å². The quantitative estimate of drug-likeness (QED) is 0.816. The summed E-state index contributed by atoms with van der Waals surface area (Å²) in [6, 6.07) is 3.62. The number of nitrogens with one attached hydrogen (secondary N) is 2. The van der Waals surface area contributed by atoms with Crippen molar-refractivity contribution < 1.29 is 14.3 Å². The first-order chi connectivity index (χ1) is 10.3. The van der Waals surface area contributed by atoms with Crippen molar-refractivity contribution in [3.8, 4) is 0 Å². The van der Waals surface area contributed by atoms with Gasteiger partial charge in [-0.05, 0) is 51.8 Å². The maximum Gasteiger partial charge on any atom is 0.407 e. The monoisotopic (exact) mass is 307 g/mol. The molecule has 1 aliphatic rings. The first-order valence-corrected chi connectivity index (χ1v) is 7.69. The minimum Gasteiger partial charge on any atom is -0.444 e. The fourth-order valence-corrected chi connectivity index (χ4v) is 2.56. The molecule has 1 aromatic rings. The van der Waals surface area contributed by atoms with Crippen molar-refractivity contribution in [1.82, 2.24) is 15.2 Å². The normalized spacial score (nSPS) is 19.1. The van der Waals surface area contributed by atoms with Crippen LogP contribution in [0.25, 0.3) is 0 Å². The molecule has 1 aliphatic heterocycles. The first-order valence-electron chi connectivity index (χ1n) is 7.69. The van der Waals surface area contributed by atoms with E-state index >= 15 is 0 Å². The van der Waals surface area contributed by atoms with E-state index in [1.54, 1.807) is 12.3 Å². The number of alkyl carbamates (subject to hydrolysis) is 1. The Hall–Kier alpha value is -1.82. The Morgan fingerprint density at radius 2 is 2.23 bits per heavy atom. The molecule has 6 heteroatoms. The molecule has 0 bridgehead atoms. The van der Waals surface area contributed by atoms with Gasteiger partial charge in [0.15, 0.2) is 5.78 Å². The number of H-pyrrole nitrogens is 1. The molecule has 22 heavy (non-hydrogen) atoms. The molecule has 0 saturated carbocycles. The average Bonchev–Trinajstić information content (AvgIpc) is 3.05. The molecule has 1 unspecified atom stereocenters. The Bertz CT molecular complexity index is 505. The van der Waals surface area contributed by atoms with Crippen LogP contribution in [0, 0.1) is 5.92 Å². The van der Waals surface area contributed by atoms with Crippen molar-refractivity contribution in [2.75, 3.05) is 26.2 Å². The van der Waals surface area contributed by atoms with Gasteiger partial charge in [0, 0.05) is 19.3 Å². The van der Waals surface area contributed by atoms with E-state index in [0.29, 0.717) is 24.7 Å². The molecule has 1 fully saturated rings. The average molecular weight is 307 g/mol. The highest BCUT2D eigenvalue weighted by Crippen LogP contribution is 2.16. The van der Waals surface area contributed by atoms with Crippen LogP contribution in [0.4, 0.5) is 4.79 Å². The van der Waals surface area contributed by atoms with Gasteiger partial charge in [-0.3, -0.25) is 9.69 Å². The van der Waals surface area contributed by atoms with Gasteiger partial charge in [-0.2, -0.15) is 0 Å². The van der Waals surface area contributed by atoms with E-state index in [-0.39, 0.29) is 11.9 Å². The third-order valence-electron chi connectivity index (χ3n) is 3.57. The second kappa shape index (κ2) is 6.96. The molecule has 2 heterocycles. The number of ketones is 1. The second-order valence-corrected chi connectivity index (χ2v) is 6.78. The van der Waals surface area contributed by atoms with Gasteiger partial charge >= 0.3 is 6.09 Å². The largest absolute Gasteiger partial charge is 0.444 e. The smallest absolute Gasteiger partial charge is 0.407 e. The highest BCUT2D eigenvalue weighted by atomic mass is 16.6. The molecule has 0 aromatic carbocycles. The number of carbonyl (C=O) groups excluding carboxylic acids is 2. The van der Waals surface area contributed by atoms with E-state index in [2.05, 4.69) is 15.2 Å². The second-order valence-electron chi connectivity index (χ2n) is 6.78. The van der Waals surface area contributed by atoms with Crippen molar-refractivity contribution >= 4 is 11.9 Å². The zero-order valence-electron chi connectivity index (χ0n) is 13.5. The molecule has 0 spiro atoms. The van der Waals surface area contributed by atoms with Crippen molar-refractivity contribution in [3.63, 3.8) is 0 Å². The SMILES string of the molecule is CC(C)(C)OC(=O)NCC1CCN(CC(=O)c2ccc[nH]2)C1. The number of nitrogens with zero attached hydrogens (tertiary/aromatic N) is 1. The number of likely N-dealkylation sites (tertiary alicyclic amines) is 1. The summed E-state index contributed by atoms with van der Waals surface area (Å²) >= 11 is 0. The van der Waals surface area contributed by atoms with Crippen LogP contribution < -0.4 is 5.32 Å². The summed E-state index contributed by atoms with van der Waals surface area (Å²) in [7, 11) is 0. The van der Waals surface area contributed by atoms with Crippen molar-refractivity contribution in [2.24, 2.45) is 5.92 Å². The molecule has 1 saturated heterocycles. The molecular weight excluding hydrogens is 282 g/mol. The number of amides is 1. The Labute approximate surface area is 131 Å². The number of aromatic amines is 1. The third kappa shape index (κ3) is 5.18. The predicted octanol–water partition coefficient (Wildman–Crippen LogP) is 2.04. The topological polar surface area (TPSA) is 74.4 Å². The van der Waals surface area contributed by atoms with Crippen LogP contribution in [0.3, 0.4) is 0 Å². The first kappa shape index (κ1) is 16.5. The van der Waals surface area contributed by atoms with Crippen LogP contribution >= 0.6 is 0 Å². The van der Waals surface area contributed by atoms with E-state index in [0.717, 1.165) is 19.5 Å². The lowest BCUT2D eigenvalue weighted by Gasteiger charge is -2.20. The van der Waals surface area contributed by atoms with Crippen molar-refractivity contribution in [1.29, 1.82) is 0 Å². The summed E-state index contributed by atoms with van der Waals surface area (Å²) in [5, 5.41) is 2.80. The highest BCUT2D eigenvalue weighted by molar-refractivity contribution is 5.95. The summed E-state index contributed by atoms with van der Waals surface area (Å²) in [5.41, 5.74) is 0.171. The Kier molecular flexibility index (Phi) is 5.24.